The van der Waals surface area contributed by atoms with Crippen molar-refractivity contribution in [2.24, 2.45) is 0 Å². The highest BCUT2D eigenvalue weighted by Crippen LogP contribution is 2.32. The Morgan fingerprint density at radius 2 is 2.21 bits per heavy atom. The van der Waals surface area contributed by atoms with Crippen LogP contribution in [0.15, 0.2) is 24.3 Å². The highest BCUT2D eigenvalue weighted by Gasteiger charge is 2.45. The van der Waals surface area contributed by atoms with Gasteiger partial charge in [0.1, 0.15) is 6.10 Å². The van der Waals surface area contributed by atoms with Crippen LogP contribution in [-0.2, 0) is 14.3 Å². The molecule has 0 radical (unpaired) electrons. The fraction of sp³-hybridized carbons (Fsp3) is 0.400. The van der Waals surface area contributed by atoms with E-state index in [-0.39, 0.29) is 30.1 Å². The number of aromatic nitrogens is 4. The zero-order valence-electron chi connectivity index (χ0n) is 12.8. The average Bonchev–Trinajstić information content (AvgIpc) is 3.17. The van der Waals surface area contributed by atoms with E-state index in [1.165, 1.54) is 16.3 Å². The summed E-state index contributed by atoms with van der Waals surface area (Å²) in [6.07, 6.45) is -0.786. The summed E-state index contributed by atoms with van der Waals surface area (Å²) in [6.45, 7) is 1.83. The topological polar surface area (TPSA) is 88.2 Å². The molecule has 3 heterocycles. The van der Waals surface area contributed by atoms with Gasteiger partial charge in [-0.3, -0.25) is 9.59 Å². The molecule has 24 heavy (non-hydrogen) atoms. The zero-order chi connectivity index (χ0) is 16.8. The Morgan fingerprint density at radius 3 is 3.00 bits per heavy atom. The number of rotatable bonds is 3. The lowest BCUT2D eigenvalue weighted by Gasteiger charge is -2.25. The van der Waals surface area contributed by atoms with Crippen molar-refractivity contribution in [3.05, 3.63) is 34.6 Å². The van der Waals surface area contributed by atoms with Crippen LogP contribution in [-0.4, -0.2) is 50.4 Å². The van der Waals surface area contributed by atoms with E-state index in [0.29, 0.717) is 22.6 Å². The Bertz CT molecular complexity index is 890. The van der Waals surface area contributed by atoms with Crippen LogP contribution in [0, 0.1) is 4.77 Å². The minimum Gasteiger partial charge on any atom is -0.343 e. The standard InChI is InChI=1S/C15H14N4O4S/c1-8(20)9-3-2-4-10(5-9)18-15(24)19(17-16-18)11-6-12(21)14-22-7-13(11)23-14/h2-5,11,13-14H,6-7H2,1H3/t11-,13+,14-/m0/s1. The molecule has 3 atom stereocenters. The van der Waals surface area contributed by atoms with E-state index in [1.807, 2.05) is 0 Å². The van der Waals surface area contributed by atoms with Crippen molar-refractivity contribution in [3.8, 4) is 5.69 Å². The van der Waals surface area contributed by atoms with Crippen molar-refractivity contribution in [1.82, 2.24) is 19.8 Å². The van der Waals surface area contributed by atoms with Gasteiger partial charge in [0.25, 0.3) is 0 Å². The predicted molar refractivity (Wildman–Crippen MR) is 83.5 cm³/mol. The van der Waals surface area contributed by atoms with Crippen molar-refractivity contribution >= 4 is 23.8 Å². The Morgan fingerprint density at radius 1 is 1.38 bits per heavy atom. The molecule has 2 fully saturated rings. The summed E-state index contributed by atoms with van der Waals surface area (Å²) < 4.78 is 14.2. The first-order valence-electron chi connectivity index (χ1n) is 7.50. The fourth-order valence-electron chi connectivity index (χ4n) is 2.95. The first-order valence-corrected chi connectivity index (χ1v) is 7.91. The van der Waals surface area contributed by atoms with Gasteiger partial charge in [-0.25, -0.2) is 4.68 Å². The largest absolute Gasteiger partial charge is 0.343 e. The number of carbonyl (C=O) groups is 2. The number of tetrazole rings is 1. The molecule has 124 valence electrons. The first kappa shape index (κ1) is 15.3. The fourth-order valence-corrected chi connectivity index (χ4v) is 3.27. The second-order valence-electron chi connectivity index (χ2n) is 5.80. The number of ether oxygens (including phenoxy) is 2. The number of nitrogens with zero attached hydrogens (tertiary/aromatic N) is 4. The third-order valence-corrected chi connectivity index (χ3v) is 4.59. The Hall–Kier alpha value is -2.23. The molecular weight excluding hydrogens is 332 g/mol. The van der Waals surface area contributed by atoms with Gasteiger partial charge in [-0.05, 0) is 41.7 Å². The molecule has 9 heteroatoms. The predicted octanol–water partition coefficient (Wildman–Crippen LogP) is 1.26. The Balaban J connectivity index is 1.71. The summed E-state index contributed by atoms with van der Waals surface area (Å²) in [5.74, 6) is -0.167. The van der Waals surface area contributed by atoms with Crippen LogP contribution >= 0.6 is 12.2 Å². The molecule has 2 saturated heterocycles. The Labute approximate surface area is 141 Å². The summed E-state index contributed by atoms with van der Waals surface area (Å²) in [4.78, 5) is 23.5. The summed E-state index contributed by atoms with van der Waals surface area (Å²) in [5.41, 5.74) is 1.20. The van der Waals surface area contributed by atoms with Gasteiger partial charge in [0.05, 0.1) is 18.3 Å². The maximum atomic E-state index is 12.0. The molecule has 0 aliphatic carbocycles. The molecule has 2 aromatic rings. The van der Waals surface area contributed by atoms with E-state index in [9.17, 15) is 9.59 Å². The molecule has 8 nitrogen and oxygen atoms in total. The molecule has 0 unspecified atom stereocenters. The minimum absolute atomic E-state index is 0.0452. The maximum absolute atomic E-state index is 12.0. The molecule has 0 amide bonds. The molecule has 4 rings (SSSR count). The molecule has 1 aromatic carbocycles. The van der Waals surface area contributed by atoms with Gasteiger partial charge in [-0.2, -0.15) is 4.68 Å². The number of ketones is 2. The van der Waals surface area contributed by atoms with Gasteiger partial charge in [0.15, 0.2) is 11.6 Å². The number of Topliss-reactive ketones (excluding diaryl/α,β-unsaturated/α-hetero) is 2. The van der Waals surface area contributed by atoms with E-state index in [4.69, 9.17) is 21.7 Å². The lowest BCUT2D eigenvalue weighted by atomic mass is 10.0. The normalized spacial score (nSPS) is 25.9. The van der Waals surface area contributed by atoms with Crippen molar-refractivity contribution < 1.29 is 19.1 Å². The number of hydrogen-bond acceptors (Lipinski definition) is 7. The molecule has 1 aromatic heterocycles. The lowest BCUT2D eigenvalue weighted by molar-refractivity contribution is -0.156. The van der Waals surface area contributed by atoms with Gasteiger partial charge in [-0.15, -0.1) is 0 Å². The van der Waals surface area contributed by atoms with Gasteiger partial charge in [0, 0.05) is 12.0 Å². The zero-order valence-corrected chi connectivity index (χ0v) is 13.6. The van der Waals surface area contributed by atoms with E-state index < -0.39 is 6.29 Å². The van der Waals surface area contributed by atoms with Crippen molar-refractivity contribution in [2.45, 2.75) is 31.8 Å². The van der Waals surface area contributed by atoms with Crippen LogP contribution in [0.25, 0.3) is 5.69 Å². The minimum atomic E-state index is -0.761. The van der Waals surface area contributed by atoms with Crippen LogP contribution in [0.1, 0.15) is 29.7 Å². The summed E-state index contributed by atoms with van der Waals surface area (Å²) >= 11 is 5.46. The van der Waals surface area contributed by atoms with Gasteiger partial charge < -0.3 is 9.47 Å². The second-order valence-corrected chi connectivity index (χ2v) is 6.17. The first-order chi connectivity index (χ1) is 11.5. The number of carbonyl (C=O) groups excluding carboxylic acids is 2. The summed E-state index contributed by atoms with van der Waals surface area (Å²) in [6, 6.07) is 6.64. The molecule has 2 bridgehead atoms. The summed E-state index contributed by atoms with van der Waals surface area (Å²) in [5, 5.41) is 8.17. The van der Waals surface area contributed by atoms with Gasteiger partial charge >= 0.3 is 0 Å². The van der Waals surface area contributed by atoms with Crippen LogP contribution in [0.5, 0.6) is 0 Å². The molecule has 2 aliphatic rings. The smallest absolute Gasteiger partial charge is 0.221 e. The lowest BCUT2D eigenvalue weighted by Crippen LogP contribution is -2.37. The van der Waals surface area contributed by atoms with E-state index >= 15 is 0 Å². The summed E-state index contributed by atoms with van der Waals surface area (Å²) in [7, 11) is 0. The van der Waals surface area contributed by atoms with Gasteiger partial charge in [-0.1, -0.05) is 12.1 Å². The maximum Gasteiger partial charge on any atom is 0.221 e. The third-order valence-electron chi connectivity index (χ3n) is 4.23. The quantitative estimate of drug-likeness (QED) is 0.610. The molecule has 0 spiro atoms. The van der Waals surface area contributed by atoms with Crippen LogP contribution in [0.2, 0.25) is 0 Å². The van der Waals surface area contributed by atoms with Crippen LogP contribution < -0.4 is 0 Å². The van der Waals surface area contributed by atoms with E-state index in [1.54, 1.807) is 24.3 Å². The van der Waals surface area contributed by atoms with Crippen molar-refractivity contribution in [2.75, 3.05) is 6.61 Å². The Kier molecular flexibility index (Phi) is 3.63. The van der Waals surface area contributed by atoms with E-state index in [2.05, 4.69) is 10.4 Å². The molecule has 2 aliphatic heterocycles. The number of fused-ring (bicyclic) bond motifs is 2. The van der Waals surface area contributed by atoms with Gasteiger partial charge in [0.2, 0.25) is 11.1 Å². The van der Waals surface area contributed by atoms with Crippen LogP contribution in [0.3, 0.4) is 0 Å². The van der Waals surface area contributed by atoms with Crippen molar-refractivity contribution in [1.29, 1.82) is 0 Å². The molecule has 0 saturated carbocycles. The monoisotopic (exact) mass is 346 g/mol. The number of hydrogen-bond donors (Lipinski definition) is 0. The van der Waals surface area contributed by atoms with Crippen LogP contribution in [0.4, 0.5) is 0 Å². The van der Waals surface area contributed by atoms with Crippen molar-refractivity contribution in [3.63, 3.8) is 0 Å². The number of benzene rings is 1. The van der Waals surface area contributed by atoms with E-state index in [0.717, 1.165) is 0 Å². The molecular formula is C15H14N4O4S. The highest BCUT2D eigenvalue weighted by molar-refractivity contribution is 7.71. The average molecular weight is 346 g/mol. The molecule has 0 N–H and O–H groups in total. The second kappa shape index (κ2) is 5.69. The third kappa shape index (κ3) is 2.41. The SMILES string of the molecule is CC(=O)c1cccc(-n2nnn([C@H]3CC(=O)[C@H]4OC[C@H]3O4)c2=S)c1. The highest BCUT2D eigenvalue weighted by atomic mass is 32.1.